The molecule has 9 heteroatoms. The molecule has 27 heavy (non-hydrogen) atoms. The summed E-state index contributed by atoms with van der Waals surface area (Å²) in [5.74, 6) is -0.495. The third-order valence-corrected chi connectivity index (χ3v) is 4.63. The van der Waals surface area contributed by atoms with Gasteiger partial charge in [0.2, 0.25) is 0 Å². The monoisotopic (exact) mass is 387 g/mol. The fraction of sp³-hybridized carbons (Fsp3) is 0.278. The summed E-state index contributed by atoms with van der Waals surface area (Å²) in [6.45, 7) is 5.03. The van der Waals surface area contributed by atoms with Crippen molar-refractivity contribution in [1.82, 2.24) is 19.6 Å². The maximum Gasteiger partial charge on any atom is 0.310 e. The highest BCUT2D eigenvalue weighted by Crippen LogP contribution is 2.22. The van der Waals surface area contributed by atoms with Crippen LogP contribution in [0.2, 0.25) is 5.02 Å². The van der Waals surface area contributed by atoms with E-state index in [4.69, 9.17) is 16.3 Å². The van der Waals surface area contributed by atoms with E-state index in [-0.39, 0.29) is 13.0 Å². The first-order valence-electron chi connectivity index (χ1n) is 8.23. The van der Waals surface area contributed by atoms with Crippen molar-refractivity contribution in [3.8, 4) is 0 Å². The Kier molecular flexibility index (Phi) is 5.36. The highest BCUT2D eigenvalue weighted by Gasteiger charge is 2.16. The maximum absolute atomic E-state index is 12.2. The lowest BCUT2D eigenvalue weighted by Crippen LogP contribution is -2.22. The number of carbonyl (C=O) groups excluding carboxylic acids is 2. The van der Waals surface area contributed by atoms with Crippen molar-refractivity contribution >= 4 is 34.9 Å². The number of benzene rings is 1. The summed E-state index contributed by atoms with van der Waals surface area (Å²) in [7, 11) is 0. The zero-order chi connectivity index (χ0) is 19.6. The molecule has 3 aromatic rings. The summed E-state index contributed by atoms with van der Waals surface area (Å²) in [6, 6.07) is 5.19. The van der Waals surface area contributed by atoms with Crippen LogP contribution in [-0.2, 0) is 20.7 Å². The summed E-state index contributed by atoms with van der Waals surface area (Å²) in [5, 5.41) is 7.31. The van der Waals surface area contributed by atoms with Gasteiger partial charge in [0.1, 0.15) is 6.33 Å². The largest absolute Gasteiger partial charge is 0.455 e. The van der Waals surface area contributed by atoms with Crippen molar-refractivity contribution in [3.05, 3.63) is 52.1 Å². The Hall–Kier alpha value is -3.00. The SMILES string of the molecule is Cc1nc2ncnn2c(C)c1CC(=O)OCC(=O)Nc1cccc(Cl)c1C. The van der Waals surface area contributed by atoms with Crippen LogP contribution in [0.4, 0.5) is 5.69 Å². The molecule has 1 N–H and O–H groups in total. The van der Waals surface area contributed by atoms with E-state index in [1.54, 1.807) is 36.6 Å². The number of fused-ring (bicyclic) bond motifs is 1. The van der Waals surface area contributed by atoms with Gasteiger partial charge < -0.3 is 10.1 Å². The number of rotatable bonds is 5. The highest BCUT2D eigenvalue weighted by atomic mass is 35.5. The van der Waals surface area contributed by atoms with E-state index < -0.39 is 11.9 Å². The molecule has 0 fully saturated rings. The number of nitrogens with one attached hydrogen (secondary N) is 1. The molecule has 0 bridgehead atoms. The van der Waals surface area contributed by atoms with Gasteiger partial charge in [-0.25, -0.2) is 9.50 Å². The van der Waals surface area contributed by atoms with E-state index >= 15 is 0 Å². The first kappa shape index (κ1) is 18.8. The Balaban J connectivity index is 1.61. The standard InChI is InChI=1S/C18H18ClN5O3/c1-10-14(19)5-4-6-15(10)23-16(25)8-27-17(26)7-13-11(2)22-18-20-9-21-24(18)12(13)3/h4-6,9H,7-8H2,1-3H3,(H,23,25). The van der Waals surface area contributed by atoms with Crippen molar-refractivity contribution in [3.63, 3.8) is 0 Å². The number of amides is 1. The van der Waals surface area contributed by atoms with Gasteiger partial charge >= 0.3 is 5.97 Å². The van der Waals surface area contributed by atoms with Gasteiger partial charge in [-0.15, -0.1) is 0 Å². The van der Waals surface area contributed by atoms with E-state index in [2.05, 4.69) is 20.4 Å². The molecular formula is C18H18ClN5O3. The van der Waals surface area contributed by atoms with Crippen LogP contribution >= 0.6 is 11.6 Å². The molecule has 0 spiro atoms. The van der Waals surface area contributed by atoms with Crippen LogP contribution in [-0.4, -0.2) is 38.1 Å². The molecule has 8 nitrogen and oxygen atoms in total. The van der Waals surface area contributed by atoms with Crippen LogP contribution in [0, 0.1) is 20.8 Å². The fourth-order valence-corrected chi connectivity index (χ4v) is 2.86. The van der Waals surface area contributed by atoms with E-state index in [0.29, 0.717) is 27.7 Å². The van der Waals surface area contributed by atoms with Gasteiger partial charge in [-0.1, -0.05) is 17.7 Å². The molecule has 140 valence electrons. The van der Waals surface area contributed by atoms with Gasteiger partial charge in [0.05, 0.1) is 6.42 Å². The molecule has 0 saturated carbocycles. The molecule has 2 aromatic heterocycles. The first-order valence-corrected chi connectivity index (χ1v) is 8.61. The summed E-state index contributed by atoms with van der Waals surface area (Å²) >= 11 is 6.02. The van der Waals surface area contributed by atoms with E-state index in [1.807, 2.05) is 6.92 Å². The molecule has 0 aliphatic rings. The quantitative estimate of drug-likeness (QED) is 0.675. The summed E-state index contributed by atoms with van der Waals surface area (Å²) < 4.78 is 6.66. The van der Waals surface area contributed by atoms with Gasteiger partial charge in [0, 0.05) is 27.7 Å². The normalized spacial score (nSPS) is 10.8. The predicted molar refractivity (Wildman–Crippen MR) is 99.7 cm³/mol. The summed E-state index contributed by atoms with van der Waals surface area (Å²) in [4.78, 5) is 32.6. The van der Waals surface area contributed by atoms with Crippen LogP contribution < -0.4 is 5.32 Å². The number of hydrogen-bond donors (Lipinski definition) is 1. The van der Waals surface area contributed by atoms with Crippen molar-refractivity contribution in [2.75, 3.05) is 11.9 Å². The number of esters is 1. The minimum absolute atomic E-state index is 0.00998. The Morgan fingerprint density at radius 1 is 1.26 bits per heavy atom. The molecule has 0 saturated heterocycles. The molecule has 0 unspecified atom stereocenters. The van der Waals surface area contributed by atoms with Gasteiger partial charge in [-0.2, -0.15) is 10.1 Å². The van der Waals surface area contributed by atoms with E-state index in [0.717, 1.165) is 11.3 Å². The van der Waals surface area contributed by atoms with Crippen LogP contribution in [0.1, 0.15) is 22.5 Å². The summed E-state index contributed by atoms with van der Waals surface area (Å²) in [6.07, 6.45) is 1.39. The fourth-order valence-electron chi connectivity index (χ4n) is 2.68. The predicted octanol–water partition coefficient (Wildman–Crippen LogP) is 2.43. The number of hydrogen-bond acceptors (Lipinski definition) is 6. The smallest absolute Gasteiger partial charge is 0.310 e. The van der Waals surface area contributed by atoms with Crippen LogP contribution in [0.15, 0.2) is 24.5 Å². The van der Waals surface area contributed by atoms with Crippen LogP contribution in [0.3, 0.4) is 0 Å². The minimum Gasteiger partial charge on any atom is -0.455 e. The Morgan fingerprint density at radius 3 is 2.81 bits per heavy atom. The first-order chi connectivity index (χ1) is 12.9. The number of aromatic nitrogens is 4. The number of ether oxygens (including phenoxy) is 1. The van der Waals surface area contributed by atoms with Crippen molar-refractivity contribution in [2.24, 2.45) is 0 Å². The second-order valence-corrected chi connectivity index (χ2v) is 6.44. The molecule has 2 heterocycles. The second-order valence-electron chi connectivity index (χ2n) is 6.03. The maximum atomic E-state index is 12.2. The Labute approximate surface area is 160 Å². The van der Waals surface area contributed by atoms with Gasteiger partial charge in [0.15, 0.2) is 6.61 Å². The molecule has 0 atom stereocenters. The van der Waals surface area contributed by atoms with Gasteiger partial charge in [-0.05, 0) is 38.5 Å². The molecule has 0 aliphatic heterocycles. The highest BCUT2D eigenvalue weighted by molar-refractivity contribution is 6.31. The number of aryl methyl sites for hydroxylation is 2. The average molecular weight is 388 g/mol. The lowest BCUT2D eigenvalue weighted by Gasteiger charge is -2.11. The molecule has 0 aliphatic carbocycles. The van der Waals surface area contributed by atoms with E-state index in [9.17, 15) is 9.59 Å². The van der Waals surface area contributed by atoms with Crippen molar-refractivity contribution in [2.45, 2.75) is 27.2 Å². The molecular weight excluding hydrogens is 370 g/mol. The topological polar surface area (TPSA) is 98.5 Å². The number of carbonyl (C=O) groups is 2. The van der Waals surface area contributed by atoms with Crippen molar-refractivity contribution < 1.29 is 14.3 Å². The lowest BCUT2D eigenvalue weighted by molar-refractivity contribution is -0.146. The van der Waals surface area contributed by atoms with Crippen LogP contribution in [0.5, 0.6) is 0 Å². The van der Waals surface area contributed by atoms with Gasteiger partial charge in [0.25, 0.3) is 11.7 Å². The molecule has 3 rings (SSSR count). The third kappa shape index (κ3) is 4.06. The van der Waals surface area contributed by atoms with Crippen molar-refractivity contribution in [1.29, 1.82) is 0 Å². The molecule has 1 amide bonds. The average Bonchev–Trinajstić information content (AvgIpc) is 3.09. The Bertz CT molecular complexity index is 1030. The van der Waals surface area contributed by atoms with E-state index in [1.165, 1.54) is 6.33 Å². The third-order valence-electron chi connectivity index (χ3n) is 4.22. The zero-order valence-corrected chi connectivity index (χ0v) is 15.9. The number of anilines is 1. The number of nitrogens with zero attached hydrogens (tertiary/aromatic N) is 4. The second kappa shape index (κ2) is 7.71. The molecule has 0 radical (unpaired) electrons. The Morgan fingerprint density at radius 2 is 2.04 bits per heavy atom. The molecule has 1 aromatic carbocycles. The van der Waals surface area contributed by atoms with Crippen LogP contribution in [0.25, 0.3) is 5.78 Å². The lowest BCUT2D eigenvalue weighted by atomic mass is 10.1. The van der Waals surface area contributed by atoms with Gasteiger partial charge in [-0.3, -0.25) is 9.59 Å². The zero-order valence-electron chi connectivity index (χ0n) is 15.1. The summed E-state index contributed by atoms with van der Waals surface area (Å²) in [5.41, 5.74) is 3.45. The number of halogens is 1. The minimum atomic E-state index is -0.527.